The second kappa shape index (κ2) is 49.0. The molecule has 0 bridgehead atoms. The van der Waals surface area contributed by atoms with E-state index >= 15 is 0 Å². The van der Waals surface area contributed by atoms with Crippen molar-refractivity contribution < 1.29 is 81.6 Å². The van der Waals surface area contributed by atoms with Crippen molar-refractivity contribution in [1.82, 2.24) is 59.9 Å². The number of pyridine rings is 8. The molecule has 33 nitrogen and oxygen atoms in total. The normalized spacial score (nSPS) is 18.1. The van der Waals surface area contributed by atoms with Crippen LogP contribution in [0.1, 0.15) is 276 Å². The van der Waals surface area contributed by atoms with Crippen LogP contribution in [0.2, 0.25) is 0 Å². The molecular weight excluding hydrogens is 1750 g/mol. The summed E-state index contributed by atoms with van der Waals surface area (Å²) < 4.78 is 21.2. The van der Waals surface area contributed by atoms with Gasteiger partial charge < -0.3 is 65.3 Å². The van der Waals surface area contributed by atoms with Crippen molar-refractivity contribution in [2.24, 2.45) is 23.7 Å². The van der Waals surface area contributed by atoms with Gasteiger partial charge in [-0.15, -0.1) is 0 Å². The highest BCUT2D eigenvalue weighted by Gasteiger charge is 2.39. The largest absolute Gasteiger partial charge is 0.474 e. The molecule has 4 fully saturated rings. The minimum Gasteiger partial charge on any atom is -0.474 e. The Morgan fingerprint density at radius 3 is 0.781 bits per heavy atom. The standard InChI is InChI=1S/3C26H34N4O4.C14H18N2O5.C12H18N2/c3*1-16-7-10-22(19-9-8-18(3)27-13-19)30(15-16)25(33)24(32)29-20-11-17(2)21(28-14-20)12-23(31)34-26(4,5)6;1-8-5-9(16-12(18)13(19)20)7-15-10(8)6-11(17)21-14(2,3)4;1-9-3-6-12(14-7-9)11-5-4-10(2)13-8-11/h3*8-9,11,13-14,16,22H,7,10,12,15H2,1-6H3,(H,29,32);5,7H,6H2,1-4H3,(H,16,18)(H,19,20);4-5,8-9,12,14H,3,6-7H2,1-2H3/t3*16-,22+;;9-,12+/m100.0/s1. The molecule has 12 rings (SSSR count). The first-order valence-electron chi connectivity index (χ1n) is 46.6. The summed E-state index contributed by atoms with van der Waals surface area (Å²) in [6.45, 7) is 47.7. The maximum Gasteiger partial charge on any atom is 0.394 e. The molecule has 7 amide bonds. The maximum absolute atomic E-state index is 13.1. The summed E-state index contributed by atoms with van der Waals surface area (Å²) in [7, 11) is 0. The number of piperidine rings is 4. The van der Waals surface area contributed by atoms with E-state index in [-0.39, 0.29) is 67.4 Å². The second-order valence-electron chi connectivity index (χ2n) is 40.2. The molecule has 0 spiro atoms. The van der Waals surface area contributed by atoms with Crippen molar-refractivity contribution in [3.63, 3.8) is 0 Å². The number of carbonyl (C=O) groups excluding carboxylic acids is 11. The molecule has 0 unspecified atom stereocenters. The fraction of sp³-hybridized carbons (Fsp3) is 0.500. The number of aryl methyl sites for hydroxylation is 8. The van der Waals surface area contributed by atoms with Gasteiger partial charge in [-0.05, 0) is 313 Å². The Morgan fingerprint density at radius 1 is 0.328 bits per heavy atom. The number of amides is 7. The number of carbonyl (C=O) groups is 12. The van der Waals surface area contributed by atoms with E-state index in [0.717, 1.165) is 107 Å². The van der Waals surface area contributed by atoms with E-state index < -0.39 is 75.7 Å². The molecule has 137 heavy (non-hydrogen) atoms. The lowest BCUT2D eigenvalue weighted by atomic mass is 9.90. The van der Waals surface area contributed by atoms with Crippen molar-refractivity contribution in [3.05, 3.63) is 212 Å². The Hall–Kier alpha value is -13.2. The fourth-order valence-electron chi connectivity index (χ4n) is 15.8. The van der Waals surface area contributed by atoms with E-state index in [0.29, 0.717) is 88.8 Å². The summed E-state index contributed by atoms with van der Waals surface area (Å²) in [6, 6.07) is 22.6. The number of nitrogens with one attached hydrogen (secondary N) is 5. The van der Waals surface area contributed by atoms with Gasteiger partial charge in [0, 0.05) is 73.2 Å². The van der Waals surface area contributed by atoms with Gasteiger partial charge >= 0.3 is 71.2 Å². The van der Waals surface area contributed by atoms with Crippen molar-refractivity contribution >= 4 is 93.9 Å². The summed E-state index contributed by atoms with van der Waals surface area (Å²) in [4.78, 5) is 187. The zero-order valence-electron chi connectivity index (χ0n) is 83.9. The van der Waals surface area contributed by atoms with Crippen LogP contribution in [0.15, 0.2) is 122 Å². The molecule has 0 aliphatic carbocycles. The minimum atomic E-state index is -1.58. The first-order valence-corrected chi connectivity index (χ1v) is 46.6. The predicted octanol–water partition coefficient (Wildman–Crippen LogP) is 15.5. The summed E-state index contributed by atoms with van der Waals surface area (Å²) in [5, 5.41) is 22.3. The molecule has 8 atom stereocenters. The average molecular weight is 1880 g/mol. The quantitative estimate of drug-likeness (QED) is 0.0297. The highest BCUT2D eigenvalue weighted by molar-refractivity contribution is 6.41. The van der Waals surface area contributed by atoms with Crippen molar-refractivity contribution in [3.8, 4) is 0 Å². The SMILES string of the molecule is Cc1cc(NC(=O)C(=O)O)cnc1CC(=O)OC(C)(C)C.Cc1ccc([C@@H]2CC[C@@H](C)CN2C(=O)C(=O)Nc2cnc(CC(=O)OC(C)(C)C)c(C)c2)cn1.Cc1ccc([C@H]2CC[C@H](C)CN2)cn1.Cc1ccc([C@H]2CC[C@H](C)CN2C(=O)C(=O)Nc2cnc(CC(=O)OC(C)(C)C)c(C)c2)cn1.Cc1ccc([C@H]2CC[C@H](C)CN2C(=O)C(=O)Nc2cnc(CC(=O)OC(C)(C)C)c(C)c2)cn1. The van der Waals surface area contributed by atoms with E-state index in [4.69, 9.17) is 24.1 Å². The number of aromatic nitrogens is 8. The molecule has 6 N–H and O–H groups in total. The third-order valence-electron chi connectivity index (χ3n) is 22.7. The van der Waals surface area contributed by atoms with Crippen molar-refractivity contribution in [2.75, 3.05) is 47.4 Å². The summed E-state index contributed by atoms with van der Waals surface area (Å²) >= 11 is 0. The van der Waals surface area contributed by atoms with E-state index in [1.165, 1.54) is 43.2 Å². The molecule has 8 aromatic rings. The Morgan fingerprint density at radius 2 is 0.569 bits per heavy atom. The van der Waals surface area contributed by atoms with Gasteiger partial charge in [0.2, 0.25) is 0 Å². The molecule has 0 aromatic carbocycles. The van der Waals surface area contributed by atoms with Crippen molar-refractivity contribution in [2.45, 2.75) is 290 Å². The van der Waals surface area contributed by atoms with Crippen LogP contribution in [0, 0.1) is 79.1 Å². The lowest BCUT2D eigenvalue weighted by Crippen LogP contribution is -2.46. The smallest absolute Gasteiger partial charge is 0.394 e. The molecule has 0 saturated carbocycles. The molecule has 4 aliphatic heterocycles. The van der Waals surface area contributed by atoms with Gasteiger partial charge in [0.25, 0.3) is 0 Å². The average Bonchev–Trinajstić information content (AvgIpc) is 0.808. The Kier molecular flexibility index (Phi) is 39.0. The predicted molar refractivity (Wildman–Crippen MR) is 520 cm³/mol. The molecular formula is C104H138N16O17. The minimum absolute atomic E-state index is 0.0102. The van der Waals surface area contributed by atoms with E-state index in [1.54, 1.807) is 106 Å². The lowest BCUT2D eigenvalue weighted by molar-refractivity contribution is -0.155. The monoisotopic (exact) mass is 1880 g/mol. The van der Waals surface area contributed by atoms with Gasteiger partial charge in [0.15, 0.2) is 0 Å². The third-order valence-corrected chi connectivity index (χ3v) is 22.7. The Balaban J connectivity index is 0.000000216. The summed E-state index contributed by atoms with van der Waals surface area (Å²) in [6.07, 6.45) is 21.0. The van der Waals surface area contributed by atoms with Crippen LogP contribution >= 0.6 is 0 Å². The Labute approximate surface area is 804 Å². The summed E-state index contributed by atoms with van der Waals surface area (Å²) in [5.41, 5.74) is 12.2. The zero-order chi connectivity index (χ0) is 101. The van der Waals surface area contributed by atoms with Crippen LogP contribution in [0.25, 0.3) is 0 Å². The summed E-state index contributed by atoms with van der Waals surface area (Å²) in [5.74, 6) is -6.34. The van der Waals surface area contributed by atoms with E-state index in [9.17, 15) is 57.5 Å². The topological polar surface area (TPSA) is 435 Å². The van der Waals surface area contributed by atoms with Crippen LogP contribution in [0.4, 0.5) is 22.7 Å². The van der Waals surface area contributed by atoms with Crippen LogP contribution < -0.4 is 26.6 Å². The van der Waals surface area contributed by atoms with Crippen molar-refractivity contribution in [1.29, 1.82) is 0 Å². The molecule has 8 aromatic heterocycles. The number of esters is 4. The number of likely N-dealkylation sites (tertiary alicyclic amines) is 3. The highest BCUT2D eigenvalue weighted by Crippen LogP contribution is 2.38. The fourth-order valence-corrected chi connectivity index (χ4v) is 15.8. The Bertz CT molecular complexity index is 5150. The number of anilines is 4. The van der Waals surface area contributed by atoms with Gasteiger partial charge in [-0.1, -0.05) is 52.0 Å². The highest BCUT2D eigenvalue weighted by atomic mass is 16.6. The number of aliphatic carboxylic acids is 1. The number of carboxylic acids is 1. The first-order chi connectivity index (χ1) is 64.1. The molecule has 0 radical (unpaired) electrons. The number of carboxylic acid groups (broad SMARTS) is 1. The number of rotatable bonds is 16. The molecule has 4 aliphatic rings. The second-order valence-corrected chi connectivity index (χ2v) is 40.2. The zero-order valence-corrected chi connectivity index (χ0v) is 83.9. The van der Waals surface area contributed by atoms with Gasteiger partial charge in [-0.2, -0.15) is 0 Å². The molecule has 4 saturated heterocycles. The van der Waals surface area contributed by atoms with Gasteiger partial charge in [0.1, 0.15) is 22.4 Å². The number of ether oxygens (including phenoxy) is 4. The first kappa shape index (κ1) is 109. The molecule has 12 heterocycles. The van der Waals surface area contributed by atoms with Crippen LogP contribution in [-0.4, -0.2) is 179 Å². The lowest BCUT2D eigenvalue weighted by Gasteiger charge is -2.38. The number of hydrogen-bond acceptors (Lipinski definition) is 25. The van der Waals surface area contributed by atoms with Crippen LogP contribution in [0.5, 0.6) is 0 Å². The maximum atomic E-state index is 13.1. The van der Waals surface area contributed by atoms with Gasteiger partial charge in [0.05, 0.1) is 114 Å². The number of nitrogens with zero attached hydrogens (tertiary/aromatic N) is 11. The van der Waals surface area contributed by atoms with Crippen LogP contribution in [-0.2, 0) is 102 Å². The van der Waals surface area contributed by atoms with Gasteiger partial charge in [-0.3, -0.25) is 92.6 Å². The van der Waals surface area contributed by atoms with E-state index in [1.807, 2.05) is 133 Å². The van der Waals surface area contributed by atoms with Crippen LogP contribution in [0.3, 0.4) is 0 Å². The van der Waals surface area contributed by atoms with E-state index in [2.05, 4.69) is 106 Å². The van der Waals surface area contributed by atoms with Gasteiger partial charge in [-0.25, -0.2) is 4.79 Å². The molecule has 736 valence electrons. The molecule has 33 heteroatoms. The number of hydrogen-bond donors (Lipinski definition) is 6. The third kappa shape index (κ3) is 35.8.